The highest BCUT2D eigenvalue weighted by molar-refractivity contribution is 8.00. The van der Waals surface area contributed by atoms with Crippen LogP contribution in [-0.2, 0) is 24.5 Å². The Hall–Kier alpha value is -1.61. The first-order valence-electron chi connectivity index (χ1n) is 10.2. The standard InChI is InChI=1S/C20H24N2O5S2/c1-4-27-10(23)5-6-22-17(24)11-8-7-9(12(11)18(22)25)14-13(8)20(2,3)15-16(28-14)21-19(26)29-15/h8-9,11-14H,4-7H2,1-3H3,(H,21,26)/t8-,9+,11-,12+,13-,14+/m0/s1. The van der Waals surface area contributed by atoms with E-state index in [2.05, 4.69) is 18.8 Å². The van der Waals surface area contributed by atoms with E-state index in [0.717, 1.165) is 16.3 Å². The van der Waals surface area contributed by atoms with Gasteiger partial charge in [0.05, 0.1) is 29.9 Å². The fourth-order valence-electron chi connectivity index (χ4n) is 6.37. The van der Waals surface area contributed by atoms with Gasteiger partial charge in [-0.05, 0) is 31.1 Å². The summed E-state index contributed by atoms with van der Waals surface area (Å²) in [7, 11) is 0. The van der Waals surface area contributed by atoms with E-state index in [9.17, 15) is 19.2 Å². The zero-order chi connectivity index (χ0) is 20.7. The number of hydrogen-bond acceptors (Lipinski definition) is 7. The molecule has 2 aliphatic carbocycles. The third-order valence-corrected chi connectivity index (χ3v) is 10.1. The van der Waals surface area contributed by atoms with Gasteiger partial charge in [0.2, 0.25) is 11.8 Å². The van der Waals surface area contributed by atoms with Crippen molar-refractivity contribution in [2.75, 3.05) is 13.2 Å². The molecule has 0 spiro atoms. The van der Waals surface area contributed by atoms with Gasteiger partial charge in [0.1, 0.15) is 0 Å². The number of carbonyl (C=O) groups is 3. The van der Waals surface area contributed by atoms with E-state index in [1.165, 1.54) is 16.2 Å². The fraction of sp³-hybridized carbons (Fsp3) is 0.700. The lowest BCUT2D eigenvalue weighted by atomic mass is 9.64. The van der Waals surface area contributed by atoms with Crippen LogP contribution < -0.4 is 4.87 Å². The summed E-state index contributed by atoms with van der Waals surface area (Å²) in [6, 6.07) is 0. The number of thiazole rings is 1. The van der Waals surface area contributed by atoms with Crippen molar-refractivity contribution in [3.8, 4) is 0 Å². The Morgan fingerprint density at radius 3 is 2.59 bits per heavy atom. The maximum atomic E-state index is 13.2. The Morgan fingerprint density at radius 1 is 1.21 bits per heavy atom. The Morgan fingerprint density at radius 2 is 1.90 bits per heavy atom. The monoisotopic (exact) mass is 436 g/mol. The topological polar surface area (TPSA) is 96.5 Å². The number of nitrogens with one attached hydrogen (secondary N) is 1. The molecule has 1 aromatic heterocycles. The maximum Gasteiger partial charge on any atom is 0.307 e. The molecule has 2 bridgehead atoms. The van der Waals surface area contributed by atoms with Crippen LogP contribution in [0.2, 0.25) is 0 Å². The van der Waals surface area contributed by atoms with E-state index in [4.69, 9.17) is 4.74 Å². The normalized spacial score (nSPS) is 36.2. The van der Waals surface area contributed by atoms with Crippen LogP contribution in [0, 0.1) is 29.6 Å². The predicted octanol–water partition coefficient (Wildman–Crippen LogP) is 2.01. The summed E-state index contributed by atoms with van der Waals surface area (Å²) < 4.78 is 4.94. The molecule has 3 heterocycles. The Labute approximate surface area is 176 Å². The van der Waals surface area contributed by atoms with Gasteiger partial charge < -0.3 is 9.72 Å². The van der Waals surface area contributed by atoms with Gasteiger partial charge in [-0.1, -0.05) is 25.2 Å². The summed E-state index contributed by atoms with van der Waals surface area (Å²) in [5.41, 5.74) is -0.207. The van der Waals surface area contributed by atoms with Crippen molar-refractivity contribution in [1.82, 2.24) is 9.88 Å². The highest BCUT2D eigenvalue weighted by atomic mass is 32.2. The van der Waals surface area contributed by atoms with Gasteiger partial charge >= 0.3 is 10.8 Å². The number of esters is 1. The fourth-order valence-corrected chi connectivity index (χ4v) is 9.53. The largest absolute Gasteiger partial charge is 0.466 e. The molecule has 2 saturated carbocycles. The third kappa shape index (κ3) is 2.55. The molecule has 1 aromatic rings. The molecule has 2 amide bonds. The van der Waals surface area contributed by atoms with E-state index in [0.29, 0.717) is 0 Å². The zero-order valence-electron chi connectivity index (χ0n) is 16.6. The molecular weight excluding hydrogens is 412 g/mol. The van der Waals surface area contributed by atoms with Crippen LogP contribution in [0.3, 0.4) is 0 Å². The molecular formula is C20H24N2O5S2. The number of thioether (sulfide) groups is 1. The second-order valence-corrected chi connectivity index (χ2v) is 11.2. The van der Waals surface area contributed by atoms with Crippen LogP contribution >= 0.6 is 23.1 Å². The summed E-state index contributed by atoms with van der Waals surface area (Å²) in [5, 5.41) is 1.17. The number of hydrogen-bond donors (Lipinski definition) is 1. The average Bonchev–Trinajstić information content (AvgIpc) is 3.36. The molecule has 29 heavy (non-hydrogen) atoms. The summed E-state index contributed by atoms with van der Waals surface area (Å²) in [6.45, 7) is 6.47. The SMILES string of the molecule is CCOC(=O)CCN1C(=O)[C@@H]2[C@H]3C[C@@H]([C@@H]2C1=O)[C@H]1[C@@H]3Sc2[nH]c(=O)sc2C1(C)C. The molecule has 2 aliphatic heterocycles. The first-order chi connectivity index (χ1) is 13.8. The van der Waals surface area contributed by atoms with Crippen LogP contribution in [0.4, 0.5) is 0 Å². The molecule has 7 nitrogen and oxygen atoms in total. The molecule has 4 aliphatic rings. The smallest absolute Gasteiger partial charge is 0.307 e. The van der Waals surface area contributed by atoms with Crippen molar-refractivity contribution in [3.05, 3.63) is 14.5 Å². The highest BCUT2D eigenvalue weighted by Gasteiger charge is 2.70. The number of ether oxygens (including phenoxy) is 1. The molecule has 5 rings (SSSR count). The lowest BCUT2D eigenvalue weighted by molar-refractivity contribution is -0.145. The summed E-state index contributed by atoms with van der Waals surface area (Å²) in [4.78, 5) is 55.3. The number of likely N-dealkylation sites (tertiary alicyclic amines) is 1. The molecule has 9 heteroatoms. The van der Waals surface area contributed by atoms with Gasteiger partial charge in [0.25, 0.3) is 0 Å². The van der Waals surface area contributed by atoms with Gasteiger partial charge in [-0.25, -0.2) is 0 Å². The molecule has 156 valence electrons. The van der Waals surface area contributed by atoms with E-state index >= 15 is 0 Å². The second-order valence-electron chi connectivity index (χ2n) is 9.00. The Balaban J connectivity index is 1.43. The molecule has 1 saturated heterocycles. The van der Waals surface area contributed by atoms with E-state index < -0.39 is 0 Å². The van der Waals surface area contributed by atoms with Crippen molar-refractivity contribution in [3.63, 3.8) is 0 Å². The number of nitrogens with zero attached hydrogens (tertiary/aromatic N) is 1. The van der Waals surface area contributed by atoms with Crippen LogP contribution in [0.15, 0.2) is 9.82 Å². The van der Waals surface area contributed by atoms with E-state index in [1.54, 1.807) is 18.7 Å². The van der Waals surface area contributed by atoms with Crippen LogP contribution in [0.25, 0.3) is 0 Å². The van der Waals surface area contributed by atoms with Crippen LogP contribution in [-0.4, -0.2) is 46.1 Å². The number of rotatable bonds is 4. The van der Waals surface area contributed by atoms with Gasteiger partial charge in [0.15, 0.2) is 0 Å². The van der Waals surface area contributed by atoms with Gasteiger partial charge in [0, 0.05) is 22.1 Å². The van der Waals surface area contributed by atoms with Crippen molar-refractivity contribution >= 4 is 40.9 Å². The second kappa shape index (κ2) is 6.44. The first kappa shape index (κ1) is 19.4. The third-order valence-electron chi connectivity index (χ3n) is 7.33. The predicted molar refractivity (Wildman–Crippen MR) is 108 cm³/mol. The van der Waals surface area contributed by atoms with Crippen molar-refractivity contribution < 1.29 is 19.1 Å². The number of carbonyl (C=O) groups excluding carboxylic acids is 3. The average molecular weight is 437 g/mol. The minimum atomic E-state index is -0.383. The number of imide groups is 1. The van der Waals surface area contributed by atoms with Crippen LogP contribution in [0.1, 0.15) is 38.5 Å². The zero-order valence-corrected chi connectivity index (χ0v) is 18.2. The lowest BCUT2D eigenvalue weighted by Gasteiger charge is -2.47. The Kier molecular flexibility index (Phi) is 4.30. The molecule has 0 aromatic carbocycles. The number of fused-ring (bicyclic) bond motifs is 9. The van der Waals surface area contributed by atoms with Crippen molar-refractivity contribution in [2.24, 2.45) is 29.6 Å². The van der Waals surface area contributed by atoms with E-state index in [-0.39, 0.29) is 82.5 Å². The van der Waals surface area contributed by atoms with Gasteiger partial charge in [-0.2, -0.15) is 0 Å². The highest BCUT2D eigenvalue weighted by Crippen LogP contribution is 2.68. The minimum absolute atomic E-state index is 0.0413. The van der Waals surface area contributed by atoms with Crippen LogP contribution in [0.5, 0.6) is 0 Å². The molecule has 0 unspecified atom stereocenters. The Bertz CT molecular complexity index is 966. The van der Waals surface area contributed by atoms with Crippen molar-refractivity contribution in [2.45, 2.75) is 49.3 Å². The number of aromatic nitrogens is 1. The number of amides is 2. The maximum absolute atomic E-state index is 13.2. The van der Waals surface area contributed by atoms with Gasteiger partial charge in [-0.15, -0.1) is 11.8 Å². The number of H-pyrrole nitrogens is 1. The molecule has 1 N–H and O–H groups in total. The van der Waals surface area contributed by atoms with E-state index in [1.807, 2.05) is 0 Å². The minimum Gasteiger partial charge on any atom is -0.466 e. The first-order valence-corrected chi connectivity index (χ1v) is 11.9. The summed E-state index contributed by atoms with van der Waals surface area (Å²) >= 11 is 2.96. The lowest BCUT2D eigenvalue weighted by Crippen LogP contribution is -2.48. The number of aromatic amines is 1. The summed E-state index contributed by atoms with van der Waals surface area (Å²) in [5.74, 6) is -0.653. The quantitative estimate of drug-likeness (QED) is 0.573. The molecule has 0 radical (unpaired) electrons. The van der Waals surface area contributed by atoms with Crippen molar-refractivity contribution in [1.29, 1.82) is 0 Å². The summed E-state index contributed by atoms with van der Waals surface area (Å²) in [6.07, 6.45) is 0.940. The van der Waals surface area contributed by atoms with Gasteiger partial charge in [-0.3, -0.25) is 24.1 Å². The molecule has 6 atom stereocenters. The molecule has 3 fully saturated rings.